The maximum absolute atomic E-state index is 12.3. The van der Waals surface area contributed by atoms with E-state index in [1.54, 1.807) is 17.0 Å². The van der Waals surface area contributed by atoms with Crippen molar-refractivity contribution < 1.29 is 14.3 Å². The Labute approximate surface area is 191 Å². The molecule has 0 aliphatic carbocycles. The van der Waals surface area contributed by atoms with E-state index in [9.17, 15) is 9.59 Å². The van der Waals surface area contributed by atoms with Crippen LogP contribution in [-0.4, -0.2) is 69.8 Å². The molecule has 0 radical (unpaired) electrons. The Hall–Kier alpha value is -2.97. The Morgan fingerprint density at radius 1 is 0.969 bits per heavy atom. The van der Waals surface area contributed by atoms with Crippen molar-refractivity contribution in [2.24, 2.45) is 0 Å². The number of Topliss-reactive ketones (excluding diaryl/α,β-unsaturated/α-hetero) is 1. The minimum atomic E-state index is -0.293. The highest BCUT2D eigenvalue weighted by Gasteiger charge is 2.22. The zero-order chi connectivity index (χ0) is 22.3. The predicted molar refractivity (Wildman–Crippen MR) is 121 cm³/mol. The summed E-state index contributed by atoms with van der Waals surface area (Å²) < 4.78 is 5.40. The quantitative estimate of drug-likeness (QED) is 0.559. The smallest absolute Gasteiger partial charge is 0.410 e. The molecule has 0 spiro atoms. The molecule has 1 amide bonds. The molecule has 168 valence electrons. The molecule has 3 aromatic rings. The number of benzene rings is 2. The Morgan fingerprint density at radius 2 is 1.69 bits per heavy atom. The summed E-state index contributed by atoms with van der Waals surface area (Å²) in [4.78, 5) is 28.7. The first-order valence-corrected chi connectivity index (χ1v) is 11.1. The molecule has 0 atom stereocenters. The van der Waals surface area contributed by atoms with E-state index < -0.39 is 0 Å². The molecule has 8 nitrogen and oxygen atoms in total. The summed E-state index contributed by atoms with van der Waals surface area (Å²) in [6, 6.07) is 13.0. The van der Waals surface area contributed by atoms with Crippen LogP contribution in [0, 0.1) is 0 Å². The van der Waals surface area contributed by atoms with Crippen LogP contribution in [0.15, 0.2) is 42.5 Å². The molecule has 1 aromatic heterocycles. The van der Waals surface area contributed by atoms with E-state index in [4.69, 9.17) is 16.3 Å². The molecule has 9 heteroatoms. The molecule has 1 N–H and O–H groups in total. The summed E-state index contributed by atoms with van der Waals surface area (Å²) >= 11 is 5.87. The number of aromatic nitrogens is 3. The van der Waals surface area contributed by atoms with E-state index in [1.807, 2.05) is 30.3 Å². The summed E-state index contributed by atoms with van der Waals surface area (Å²) in [6.45, 7) is 3.92. The van der Waals surface area contributed by atoms with Crippen LogP contribution in [0.2, 0.25) is 5.02 Å². The largest absolute Gasteiger partial charge is 0.445 e. The number of nitrogens with one attached hydrogen (secondary N) is 1. The summed E-state index contributed by atoms with van der Waals surface area (Å²) in [6.07, 6.45) is 1.47. The molecule has 0 saturated carbocycles. The fourth-order valence-corrected chi connectivity index (χ4v) is 3.91. The minimum Gasteiger partial charge on any atom is -0.445 e. The van der Waals surface area contributed by atoms with Crippen LogP contribution in [0.1, 0.15) is 24.0 Å². The van der Waals surface area contributed by atoms with Crippen LogP contribution >= 0.6 is 11.6 Å². The second kappa shape index (κ2) is 10.6. The standard InChI is InChI=1S/C23H26ClN5O3/c24-19-6-3-17(4-7-19)16-32-23(31)29-12-10-28(11-13-29)9-1-2-20(30)14-18-5-8-21-22(15-18)26-27-25-21/h3-8,15H,1-2,9-14,16H2,(H,25,26,27). The molecular weight excluding hydrogens is 430 g/mol. The summed E-state index contributed by atoms with van der Waals surface area (Å²) in [5, 5.41) is 11.3. The third kappa shape index (κ3) is 6.05. The normalized spacial score (nSPS) is 14.6. The van der Waals surface area contributed by atoms with Gasteiger partial charge in [0.1, 0.15) is 23.4 Å². The lowest BCUT2D eigenvalue weighted by Crippen LogP contribution is -2.49. The van der Waals surface area contributed by atoms with E-state index in [0.717, 1.165) is 48.2 Å². The van der Waals surface area contributed by atoms with Gasteiger partial charge in [-0.25, -0.2) is 4.79 Å². The highest BCUT2D eigenvalue weighted by molar-refractivity contribution is 6.30. The third-order valence-electron chi connectivity index (χ3n) is 5.62. The second-order valence-electron chi connectivity index (χ2n) is 7.98. The van der Waals surface area contributed by atoms with Crippen molar-refractivity contribution in [2.45, 2.75) is 25.9 Å². The average Bonchev–Trinajstić information content (AvgIpc) is 3.27. The molecule has 2 heterocycles. The van der Waals surface area contributed by atoms with Gasteiger partial charge in [0.25, 0.3) is 0 Å². The van der Waals surface area contributed by atoms with Crippen molar-refractivity contribution in [3.63, 3.8) is 0 Å². The molecular formula is C23H26ClN5O3. The highest BCUT2D eigenvalue weighted by atomic mass is 35.5. The van der Waals surface area contributed by atoms with Gasteiger partial charge in [-0.1, -0.05) is 29.8 Å². The topological polar surface area (TPSA) is 91.4 Å². The van der Waals surface area contributed by atoms with Crippen molar-refractivity contribution in [3.8, 4) is 0 Å². The predicted octanol–water partition coefficient (Wildman–Crippen LogP) is 3.46. The number of rotatable bonds is 8. The Balaban J connectivity index is 1.12. The number of fused-ring (bicyclic) bond motifs is 1. The fraction of sp³-hybridized carbons (Fsp3) is 0.391. The first-order chi connectivity index (χ1) is 15.6. The van der Waals surface area contributed by atoms with Crippen molar-refractivity contribution in [1.82, 2.24) is 25.2 Å². The average molecular weight is 456 g/mol. The van der Waals surface area contributed by atoms with Gasteiger partial charge in [-0.2, -0.15) is 15.4 Å². The molecule has 1 saturated heterocycles. The molecule has 1 aliphatic heterocycles. The summed E-state index contributed by atoms with van der Waals surface area (Å²) in [7, 11) is 0. The van der Waals surface area contributed by atoms with Gasteiger partial charge < -0.3 is 9.64 Å². The first kappa shape index (κ1) is 22.2. The summed E-state index contributed by atoms with van der Waals surface area (Å²) in [5.74, 6) is 0.220. The van der Waals surface area contributed by atoms with E-state index in [0.29, 0.717) is 31.0 Å². The van der Waals surface area contributed by atoms with Gasteiger partial charge in [-0.05, 0) is 48.4 Å². The first-order valence-electron chi connectivity index (χ1n) is 10.8. The monoisotopic (exact) mass is 455 g/mol. The van der Waals surface area contributed by atoms with Crippen molar-refractivity contribution in [2.75, 3.05) is 32.7 Å². The lowest BCUT2D eigenvalue weighted by Gasteiger charge is -2.34. The number of hydrogen-bond acceptors (Lipinski definition) is 6. The van der Waals surface area contributed by atoms with Crippen molar-refractivity contribution >= 4 is 34.5 Å². The van der Waals surface area contributed by atoms with Crippen LogP contribution < -0.4 is 0 Å². The lowest BCUT2D eigenvalue weighted by atomic mass is 10.0. The number of hydrogen-bond donors (Lipinski definition) is 1. The van der Waals surface area contributed by atoms with E-state index in [-0.39, 0.29) is 18.5 Å². The Kier molecular flexibility index (Phi) is 7.34. The number of nitrogens with zero attached hydrogens (tertiary/aromatic N) is 4. The molecule has 2 aromatic carbocycles. The Morgan fingerprint density at radius 3 is 2.47 bits per heavy atom. The van der Waals surface area contributed by atoms with Gasteiger partial charge in [0.15, 0.2) is 0 Å². The van der Waals surface area contributed by atoms with Crippen LogP contribution in [0.25, 0.3) is 11.0 Å². The van der Waals surface area contributed by atoms with Crippen LogP contribution in [0.4, 0.5) is 4.79 Å². The second-order valence-corrected chi connectivity index (χ2v) is 8.41. The van der Waals surface area contributed by atoms with E-state index >= 15 is 0 Å². The molecule has 1 fully saturated rings. The molecule has 0 bridgehead atoms. The maximum Gasteiger partial charge on any atom is 0.410 e. The van der Waals surface area contributed by atoms with Crippen LogP contribution in [0.5, 0.6) is 0 Å². The highest BCUT2D eigenvalue weighted by Crippen LogP contribution is 2.14. The lowest BCUT2D eigenvalue weighted by molar-refractivity contribution is -0.118. The van der Waals surface area contributed by atoms with Crippen molar-refractivity contribution in [3.05, 3.63) is 58.6 Å². The number of ether oxygens (including phenoxy) is 1. The number of piperazine rings is 1. The van der Waals surface area contributed by atoms with Crippen LogP contribution in [-0.2, 0) is 22.6 Å². The van der Waals surface area contributed by atoms with E-state index in [2.05, 4.69) is 20.3 Å². The van der Waals surface area contributed by atoms with Gasteiger partial charge in [0.2, 0.25) is 0 Å². The minimum absolute atomic E-state index is 0.220. The number of H-pyrrole nitrogens is 1. The number of amides is 1. The molecule has 32 heavy (non-hydrogen) atoms. The van der Waals surface area contributed by atoms with Gasteiger partial charge in [-0.3, -0.25) is 9.69 Å². The van der Waals surface area contributed by atoms with Gasteiger partial charge in [-0.15, -0.1) is 0 Å². The van der Waals surface area contributed by atoms with Crippen LogP contribution in [0.3, 0.4) is 0 Å². The third-order valence-corrected chi connectivity index (χ3v) is 5.87. The zero-order valence-corrected chi connectivity index (χ0v) is 18.6. The molecule has 4 rings (SSSR count). The zero-order valence-electron chi connectivity index (χ0n) is 17.8. The maximum atomic E-state index is 12.3. The number of ketones is 1. The Bertz CT molecular complexity index is 1060. The molecule has 1 aliphatic rings. The molecule has 0 unspecified atom stereocenters. The number of carbonyl (C=O) groups is 2. The van der Waals surface area contributed by atoms with Gasteiger partial charge in [0, 0.05) is 44.0 Å². The fourth-order valence-electron chi connectivity index (χ4n) is 3.78. The number of halogens is 1. The number of carbonyl (C=O) groups excluding carboxylic acids is 2. The summed E-state index contributed by atoms with van der Waals surface area (Å²) in [5.41, 5.74) is 3.45. The SMILES string of the molecule is O=C(CCCN1CCN(C(=O)OCc2ccc(Cl)cc2)CC1)Cc1ccc2n[nH]nc2c1. The van der Waals surface area contributed by atoms with Crippen molar-refractivity contribution in [1.29, 1.82) is 0 Å². The van der Waals surface area contributed by atoms with E-state index in [1.165, 1.54) is 0 Å². The number of aromatic amines is 1. The van der Waals surface area contributed by atoms with Gasteiger partial charge in [0.05, 0.1) is 0 Å². The van der Waals surface area contributed by atoms with Gasteiger partial charge >= 0.3 is 6.09 Å².